The van der Waals surface area contributed by atoms with E-state index in [1.165, 1.54) is 5.56 Å². The Kier molecular flexibility index (Phi) is 3.46. The number of anilines is 1. The minimum Gasteiger partial charge on any atom is -0.354 e. The zero-order valence-corrected chi connectivity index (χ0v) is 10.2. The Labute approximate surface area is 98.8 Å². The third-order valence-corrected chi connectivity index (χ3v) is 3.19. The van der Waals surface area contributed by atoms with Crippen LogP contribution in [0.15, 0.2) is 18.3 Å². The van der Waals surface area contributed by atoms with Gasteiger partial charge in [-0.2, -0.15) is 0 Å². The lowest BCUT2D eigenvalue weighted by molar-refractivity contribution is 0.966. The maximum absolute atomic E-state index is 4.31. The highest BCUT2D eigenvalue weighted by molar-refractivity contribution is 7.15. The third-order valence-electron chi connectivity index (χ3n) is 2.16. The first-order chi connectivity index (χ1) is 7.78. The third kappa shape index (κ3) is 2.76. The van der Waals surface area contributed by atoms with Crippen molar-refractivity contribution >= 4 is 16.5 Å². The van der Waals surface area contributed by atoms with Crippen LogP contribution in [-0.2, 0) is 13.0 Å². The predicted octanol–water partition coefficient (Wildman–Crippen LogP) is 2.42. The van der Waals surface area contributed by atoms with Crippen LogP contribution in [0.4, 0.5) is 5.13 Å². The minimum absolute atomic E-state index is 0.693. The van der Waals surface area contributed by atoms with E-state index in [-0.39, 0.29) is 0 Å². The Balaban J connectivity index is 1.94. The highest BCUT2D eigenvalue weighted by Crippen LogP contribution is 2.15. The minimum atomic E-state index is 0.693. The lowest BCUT2D eigenvalue weighted by atomic mass is 10.3. The van der Waals surface area contributed by atoms with Crippen molar-refractivity contribution in [2.24, 2.45) is 0 Å². The first-order valence-electron chi connectivity index (χ1n) is 5.25. The number of pyridine rings is 1. The molecule has 0 aliphatic carbocycles. The monoisotopic (exact) mass is 234 g/mol. The molecule has 4 nitrogen and oxygen atoms in total. The summed E-state index contributed by atoms with van der Waals surface area (Å²) in [5.74, 6) is 0. The number of nitrogens with one attached hydrogen (secondary N) is 1. The molecule has 0 saturated heterocycles. The molecule has 16 heavy (non-hydrogen) atoms. The van der Waals surface area contributed by atoms with Gasteiger partial charge in [0.15, 0.2) is 0 Å². The van der Waals surface area contributed by atoms with Crippen LogP contribution in [0.25, 0.3) is 0 Å². The molecular formula is C11H14N4S. The van der Waals surface area contributed by atoms with Crippen LogP contribution in [0, 0.1) is 6.92 Å². The zero-order valence-electron chi connectivity index (χ0n) is 9.40. The van der Waals surface area contributed by atoms with Crippen molar-refractivity contribution in [1.29, 1.82) is 0 Å². The first kappa shape index (κ1) is 11.0. The highest BCUT2D eigenvalue weighted by Gasteiger charge is 2.01. The zero-order chi connectivity index (χ0) is 11.4. The maximum atomic E-state index is 4.31. The van der Waals surface area contributed by atoms with Gasteiger partial charge in [-0.1, -0.05) is 24.3 Å². The van der Waals surface area contributed by atoms with Gasteiger partial charge >= 0.3 is 0 Å². The maximum Gasteiger partial charge on any atom is 0.205 e. The molecule has 0 aliphatic rings. The second-order valence-corrected chi connectivity index (χ2v) is 4.60. The largest absolute Gasteiger partial charge is 0.354 e. The SMILES string of the molecule is CCc1nnc(NCc2ccc(C)cn2)s1. The van der Waals surface area contributed by atoms with Gasteiger partial charge in [-0.3, -0.25) is 4.98 Å². The summed E-state index contributed by atoms with van der Waals surface area (Å²) in [6, 6.07) is 4.08. The average molecular weight is 234 g/mol. The van der Waals surface area contributed by atoms with Crippen molar-refractivity contribution in [3.05, 3.63) is 34.6 Å². The molecule has 0 fully saturated rings. The Morgan fingerprint density at radius 3 is 2.81 bits per heavy atom. The van der Waals surface area contributed by atoms with Crippen LogP contribution in [0.3, 0.4) is 0 Å². The molecule has 0 spiro atoms. The summed E-state index contributed by atoms with van der Waals surface area (Å²) in [4.78, 5) is 4.31. The van der Waals surface area contributed by atoms with Gasteiger partial charge in [0.25, 0.3) is 0 Å². The molecule has 1 N–H and O–H groups in total. The van der Waals surface area contributed by atoms with E-state index < -0.39 is 0 Å². The molecule has 2 heterocycles. The summed E-state index contributed by atoms with van der Waals surface area (Å²) < 4.78 is 0. The normalized spacial score (nSPS) is 10.4. The van der Waals surface area contributed by atoms with Gasteiger partial charge in [-0.15, -0.1) is 10.2 Å². The summed E-state index contributed by atoms with van der Waals surface area (Å²) in [6.45, 7) is 4.80. The number of aromatic nitrogens is 3. The highest BCUT2D eigenvalue weighted by atomic mass is 32.1. The molecule has 5 heteroatoms. The molecule has 2 aromatic heterocycles. The number of nitrogens with zero attached hydrogens (tertiary/aromatic N) is 3. The van der Waals surface area contributed by atoms with Crippen LogP contribution < -0.4 is 5.32 Å². The molecular weight excluding hydrogens is 220 g/mol. The molecule has 0 amide bonds. The van der Waals surface area contributed by atoms with Crippen molar-refractivity contribution in [3.63, 3.8) is 0 Å². The van der Waals surface area contributed by atoms with Crippen molar-refractivity contribution in [1.82, 2.24) is 15.2 Å². The van der Waals surface area contributed by atoms with E-state index in [1.807, 2.05) is 19.2 Å². The van der Waals surface area contributed by atoms with Crippen LogP contribution in [0.1, 0.15) is 23.2 Å². The Morgan fingerprint density at radius 2 is 2.19 bits per heavy atom. The second-order valence-electron chi connectivity index (χ2n) is 3.53. The van der Waals surface area contributed by atoms with E-state index in [1.54, 1.807) is 11.3 Å². The topological polar surface area (TPSA) is 50.7 Å². The van der Waals surface area contributed by atoms with Crippen molar-refractivity contribution < 1.29 is 0 Å². The van der Waals surface area contributed by atoms with E-state index >= 15 is 0 Å². The Hall–Kier alpha value is -1.49. The lowest BCUT2D eigenvalue weighted by Gasteiger charge is -2.01. The summed E-state index contributed by atoms with van der Waals surface area (Å²) >= 11 is 1.59. The standard InChI is InChI=1S/C11H14N4S/c1-3-10-14-15-11(16-10)13-7-9-5-4-8(2)6-12-9/h4-6H,3,7H2,1-2H3,(H,13,15). The molecule has 0 unspecified atom stereocenters. The lowest BCUT2D eigenvalue weighted by Crippen LogP contribution is -2.01. The average Bonchev–Trinajstić information content (AvgIpc) is 2.76. The summed E-state index contributed by atoms with van der Waals surface area (Å²) in [7, 11) is 0. The van der Waals surface area contributed by atoms with E-state index in [4.69, 9.17) is 0 Å². The molecule has 0 aliphatic heterocycles. The fourth-order valence-corrected chi connectivity index (χ4v) is 1.91. The van der Waals surface area contributed by atoms with Gasteiger partial charge in [-0.05, 0) is 25.0 Å². The Morgan fingerprint density at radius 1 is 1.31 bits per heavy atom. The van der Waals surface area contributed by atoms with Gasteiger partial charge < -0.3 is 5.32 Å². The first-order valence-corrected chi connectivity index (χ1v) is 6.07. The van der Waals surface area contributed by atoms with Crippen molar-refractivity contribution in [2.75, 3.05) is 5.32 Å². The fourth-order valence-electron chi connectivity index (χ4n) is 1.24. The second kappa shape index (κ2) is 5.03. The van der Waals surface area contributed by atoms with Crippen molar-refractivity contribution in [2.45, 2.75) is 26.8 Å². The molecule has 0 aromatic carbocycles. The summed E-state index contributed by atoms with van der Waals surface area (Å²) in [6.07, 6.45) is 2.80. The van der Waals surface area contributed by atoms with E-state index in [0.717, 1.165) is 22.3 Å². The van der Waals surface area contributed by atoms with Gasteiger partial charge in [0, 0.05) is 6.20 Å². The number of rotatable bonds is 4. The smallest absolute Gasteiger partial charge is 0.205 e. The van der Waals surface area contributed by atoms with E-state index in [2.05, 4.69) is 33.5 Å². The molecule has 84 valence electrons. The molecule has 0 bridgehead atoms. The van der Waals surface area contributed by atoms with E-state index in [0.29, 0.717) is 6.54 Å². The van der Waals surface area contributed by atoms with Crippen molar-refractivity contribution in [3.8, 4) is 0 Å². The quantitative estimate of drug-likeness (QED) is 0.882. The summed E-state index contributed by atoms with van der Waals surface area (Å²) in [5, 5.41) is 13.2. The molecule has 0 radical (unpaired) electrons. The molecule has 0 saturated carbocycles. The van der Waals surface area contributed by atoms with Crippen LogP contribution in [0.5, 0.6) is 0 Å². The van der Waals surface area contributed by atoms with Crippen LogP contribution in [0.2, 0.25) is 0 Å². The number of hydrogen-bond donors (Lipinski definition) is 1. The number of hydrogen-bond acceptors (Lipinski definition) is 5. The Bertz CT molecular complexity index is 449. The predicted molar refractivity (Wildman–Crippen MR) is 65.6 cm³/mol. The van der Waals surface area contributed by atoms with E-state index in [9.17, 15) is 0 Å². The number of aryl methyl sites for hydroxylation is 2. The fraction of sp³-hybridized carbons (Fsp3) is 0.364. The molecule has 0 atom stereocenters. The van der Waals surface area contributed by atoms with Gasteiger partial charge in [0.2, 0.25) is 5.13 Å². The molecule has 2 aromatic rings. The molecule has 2 rings (SSSR count). The van der Waals surface area contributed by atoms with Gasteiger partial charge in [0.05, 0.1) is 12.2 Å². The van der Waals surface area contributed by atoms with Gasteiger partial charge in [-0.25, -0.2) is 0 Å². The van der Waals surface area contributed by atoms with Crippen LogP contribution >= 0.6 is 11.3 Å². The summed E-state index contributed by atoms with van der Waals surface area (Å²) in [5.41, 5.74) is 2.19. The van der Waals surface area contributed by atoms with Gasteiger partial charge in [0.1, 0.15) is 5.01 Å². The van der Waals surface area contributed by atoms with Crippen LogP contribution in [-0.4, -0.2) is 15.2 Å².